The summed E-state index contributed by atoms with van der Waals surface area (Å²) in [5.41, 5.74) is 1.08. The highest BCUT2D eigenvalue weighted by atomic mass is 32.2. The summed E-state index contributed by atoms with van der Waals surface area (Å²) in [6.07, 6.45) is 0.857. The smallest absolute Gasteiger partial charge is 0.149 e. The van der Waals surface area contributed by atoms with Gasteiger partial charge < -0.3 is 5.32 Å². The summed E-state index contributed by atoms with van der Waals surface area (Å²) in [6, 6.07) is 11.9. The van der Waals surface area contributed by atoms with Crippen molar-refractivity contribution < 1.29 is 8.78 Å². The van der Waals surface area contributed by atoms with E-state index >= 15 is 0 Å². The van der Waals surface area contributed by atoms with Gasteiger partial charge in [-0.1, -0.05) is 24.3 Å². The molecule has 1 heterocycles. The molecule has 0 fully saturated rings. The SMILES string of the molecule is Fc1cccc(F)c1NC1CCSc2ccccc21. The molecule has 1 atom stereocenters. The van der Waals surface area contributed by atoms with Crippen molar-refractivity contribution in [2.24, 2.45) is 0 Å². The number of nitrogens with one attached hydrogen (secondary N) is 1. The Morgan fingerprint density at radius 3 is 2.53 bits per heavy atom. The molecule has 1 nitrogen and oxygen atoms in total. The monoisotopic (exact) mass is 277 g/mol. The van der Waals surface area contributed by atoms with Crippen LogP contribution in [0.4, 0.5) is 14.5 Å². The molecule has 0 radical (unpaired) electrons. The zero-order chi connectivity index (χ0) is 13.2. The Hall–Kier alpha value is -1.55. The Morgan fingerprint density at radius 1 is 1.00 bits per heavy atom. The average Bonchev–Trinajstić information content (AvgIpc) is 2.43. The number of anilines is 1. The van der Waals surface area contributed by atoms with E-state index in [1.807, 2.05) is 24.3 Å². The molecular formula is C15H13F2NS. The molecule has 0 spiro atoms. The van der Waals surface area contributed by atoms with Crippen molar-refractivity contribution in [3.05, 3.63) is 59.7 Å². The lowest BCUT2D eigenvalue weighted by molar-refractivity contribution is 0.580. The van der Waals surface area contributed by atoms with Gasteiger partial charge in [0.05, 0.1) is 6.04 Å². The Kier molecular flexibility index (Phi) is 3.42. The molecule has 1 aliphatic heterocycles. The van der Waals surface area contributed by atoms with E-state index in [1.165, 1.54) is 23.1 Å². The molecule has 2 aromatic rings. The number of hydrogen-bond acceptors (Lipinski definition) is 2. The maximum absolute atomic E-state index is 13.7. The van der Waals surface area contributed by atoms with Gasteiger partial charge in [0.1, 0.15) is 17.3 Å². The summed E-state index contributed by atoms with van der Waals surface area (Å²) in [5, 5.41) is 3.01. The van der Waals surface area contributed by atoms with Crippen LogP contribution in [0.1, 0.15) is 18.0 Å². The lowest BCUT2D eigenvalue weighted by atomic mass is 10.0. The van der Waals surface area contributed by atoms with Gasteiger partial charge in [0.2, 0.25) is 0 Å². The molecule has 3 rings (SSSR count). The second-order valence-corrected chi connectivity index (χ2v) is 5.61. The fourth-order valence-corrected chi connectivity index (χ4v) is 3.43. The third-order valence-electron chi connectivity index (χ3n) is 3.24. The van der Waals surface area contributed by atoms with Gasteiger partial charge in [-0.3, -0.25) is 0 Å². The van der Waals surface area contributed by atoms with E-state index in [0.29, 0.717) is 0 Å². The maximum atomic E-state index is 13.7. The first kappa shape index (κ1) is 12.5. The molecule has 0 aromatic heterocycles. The van der Waals surface area contributed by atoms with Gasteiger partial charge in [0, 0.05) is 10.6 Å². The number of benzene rings is 2. The largest absolute Gasteiger partial charge is 0.373 e. The first-order valence-electron chi connectivity index (χ1n) is 6.18. The van der Waals surface area contributed by atoms with Crippen molar-refractivity contribution in [2.75, 3.05) is 11.1 Å². The van der Waals surface area contributed by atoms with Crippen LogP contribution >= 0.6 is 11.8 Å². The molecule has 19 heavy (non-hydrogen) atoms. The average molecular weight is 277 g/mol. The summed E-state index contributed by atoms with van der Waals surface area (Å²) in [6.45, 7) is 0. The zero-order valence-corrected chi connectivity index (χ0v) is 11.0. The second-order valence-electron chi connectivity index (χ2n) is 4.47. The van der Waals surface area contributed by atoms with Crippen LogP contribution in [0.15, 0.2) is 47.4 Å². The Balaban J connectivity index is 1.93. The zero-order valence-electron chi connectivity index (χ0n) is 10.2. The second kappa shape index (κ2) is 5.21. The van der Waals surface area contributed by atoms with Crippen LogP contribution in [0.3, 0.4) is 0 Å². The van der Waals surface area contributed by atoms with Crippen LogP contribution in [0.25, 0.3) is 0 Å². The van der Waals surface area contributed by atoms with Gasteiger partial charge in [-0.15, -0.1) is 11.8 Å². The predicted molar refractivity (Wildman–Crippen MR) is 74.5 cm³/mol. The third kappa shape index (κ3) is 2.45. The van der Waals surface area contributed by atoms with Crippen molar-refractivity contribution in [2.45, 2.75) is 17.4 Å². The Bertz CT molecular complexity index is 580. The van der Waals surface area contributed by atoms with Crippen LogP contribution < -0.4 is 5.32 Å². The normalized spacial score (nSPS) is 17.9. The van der Waals surface area contributed by atoms with Gasteiger partial charge in [-0.25, -0.2) is 8.78 Å². The predicted octanol–water partition coefficient (Wildman–Crippen LogP) is 4.61. The van der Waals surface area contributed by atoms with E-state index in [9.17, 15) is 8.78 Å². The summed E-state index contributed by atoms with van der Waals surface area (Å²) >= 11 is 1.78. The first-order chi connectivity index (χ1) is 9.25. The highest BCUT2D eigenvalue weighted by molar-refractivity contribution is 7.99. The quantitative estimate of drug-likeness (QED) is 0.860. The van der Waals surface area contributed by atoms with Crippen molar-refractivity contribution >= 4 is 17.4 Å². The molecule has 0 saturated heterocycles. The molecule has 98 valence electrons. The van der Waals surface area contributed by atoms with Gasteiger partial charge in [0.25, 0.3) is 0 Å². The number of halogens is 2. The van der Waals surface area contributed by atoms with E-state index in [0.717, 1.165) is 17.7 Å². The molecule has 0 bridgehead atoms. The molecule has 4 heteroatoms. The molecule has 1 unspecified atom stereocenters. The van der Waals surface area contributed by atoms with Crippen LogP contribution in [-0.2, 0) is 0 Å². The number of rotatable bonds is 2. The topological polar surface area (TPSA) is 12.0 Å². The van der Waals surface area contributed by atoms with E-state index < -0.39 is 11.6 Å². The lowest BCUT2D eigenvalue weighted by Gasteiger charge is -2.27. The van der Waals surface area contributed by atoms with Gasteiger partial charge in [-0.2, -0.15) is 0 Å². The molecule has 0 aliphatic carbocycles. The van der Waals surface area contributed by atoms with E-state index in [2.05, 4.69) is 5.32 Å². The number of para-hydroxylation sites is 1. The standard InChI is InChI=1S/C15H13F2NS/c16-11-5-3-6-12(17)15(11)18-13-8-9-19-14-7-2-1-4-10(13)14/h1-7,13,18H,8-9H2. The summed E-state index contributed by atoms with van der Waals surface area (Å²) in [4.78, 5) is 1.18. The van der Waals surface area contributed by atoms with Crippen molar-refractivity contribution in [3.8, 4) is 0 Å². The van der Waals surface area contributed by atoms with Crippen LogP contribution in [0, 0.1) is 11.6 Å². The number of hydrogen-bond donors (Lipinski definition) is 1. The maximum Gasteiger partial charge on any atom is 0.149 e. The molecule has 0 saturated carbocycles. The van der Waals surface area contributed by atoms with Gasteiger partial charge in [-0.05, 0) is 30.2 Å². The molecule has 1 N–H and O–H groups in total. The summed E-state index contributed by atoms with van der Waals surface area (Å²) < 4.78 is 27.3. The van der Waals surface area contributed by atoms with Crippen LogP contribution in [0.2, 0.25) is 0 Å². The van der Waals surface area contributed by atoms with E-state index in [4.69, 9.17) is 0 Å². The Morgan fingerprint density at radius 2 is 1.74 bits per heavy atom. The number of fused-ring (bicyclic) bond motifs is 1. The molecular weight excluding hydrogens is 264 g/mol. The third-order valence-corrected chi connectivity index (χ3v) is 4.36. The minimum Gasteiger partial charge on any atom is -0.373 e. The molecule has 2 aromatic carbocycles. The lowest BCUT2D eigenvalue weighted by Crippen LogP contribution is -2.17. The van der Waals surface area contributed by atoms with E-state index in [-0.39, 0.29) is 11.7 Å². The minimum atomic E-state index is -0.546. The highest BCUT2D eigenvalue weighted by Gasteiger charge is 2.22. The Labute approximate surface area is 115 Å². The fraction of sp³-hybridized carbons (Fsp3) is 0.200. The van der Waals surface area contributed by atoms with E-state index in [1.54, 1.807) is 11.8 Å². The van der Waals surface area contributed by atoms with Crippen LogP contribution in [0.5, 0.6) is 0 Å². The summed E-state index contributed by atoms with van der Waals surface area (Å²) in [7, 11) is 0. The van der Waals surface area contributed by atoms with Crippen molar-refractivity contribution in [1.29, 1.82) is 0 Å². The summed E-state index contributed by atoms with van der Waals surface area (Å²) in [5.74, 6) is -0.142. The highest BCUT2D eigenvalue weighted by Crippen LogP contribution is 2.38. The molecule has 0 amide bonds. The van der Waals surface area contributed by atoms with Crippen molar-refractivity contribution in [3.63, 3.8) is 0 Å². The van der Waals surface area contributed by atoms with Crippen LogP contribution in [-0.4, -0.2) is 5.75 Å². The fourth-order valence-electron chi connectivity index (χ4n) is 2.30. The minimum absolute atomic E-state index is 0.0331. The van der Waals surface area contributed by atoms with Crippen molar-refractivity contribution in [1.82, 2.24) is 0 Å². The van der Waals surface area contributed by atoms with Gasteiger partial charge >= 0.3 is 0 Å². The molecule has 1 aliphatic rings. The first-order valence-corrected chi connectivity index (χ1v) is 7.16. The number of thioether (sulfide) groups is 1. The van der Waals surface area contributed by atoms with Gasteiger partial charge in [0.15, 0.2) is 0 Å².